The first-order chi connectivity index (χ1) is 20.2. The standard InChI is InChI=1S/C27H33F5N4O6S/c1-35(10-13-2-3-13)24(40)23(26(41)4-6-27(31,32)7-5-26)43-25-22(39)20(21(38)18(12-37)42-25)36-11-17(33-34-36)14-8-15(28)19(30)16(29)9-14/h8-9,11,13,18,20-23,25,37-39,41H,2-7,10,12H2,1H3/t18-,20+,21+,22-,23-,25+/m1/s1. The van der Waals surface area contributed by atoms with Gasteiger partial charge in [0.05, 0.1) is 18.4 Å². The van der Waals surface area contributed by atoms with E-state index >= 15 is 0 Å². The van der Waals surface area contributed by atoms with Crippen LogP contribution in [0.25, 0.3) is 11.3 Å². The Morgan fingerprint density at radius 2 is 1.77 bits per heavy atom. The van der Waals surface area contributed by atoms with Crippen LogP contribution in [0.2, 0.25) is 0 Å². The average molecular weight is 637 g/mol. The summed E-state index contributed by atoms with van der Waals surface area (Å²) in [6, 6.07) is 0.0216. The first kappa shape index (κ1) is 32.0. The predicted octanol–water partition coefficient (Wildman–Crippen LogP) is 2.25. The third-order valence-electron chi connectivity index (χ3n) is 8.38. The monoisotopic (exact) mass is 636 g/mol. The molecule has 2 aromatic rings. The molecule has 1 aliphatic heterocycles. The number of amides is 1. The van der Waals surface area contributed by atoms with Crippen LogP contribution in [0.3, 0.4) is 0 Å². The normalized spacial score (nSPS) is 29.3. The second-order valence-corrected chi connectivity index (χ2v) is 12.9. The van der Waals surface area contributed by atoms with Crippen LogP contribution in [-0.2, 0) is 9.53 Å². The molecular formula is C27H33F5N4O6S. The maximum absolute atomic E-state index is 14.0. The van der Waals surface area contributed by atoms with Gasteiger partial charge < -0.3 is 30.1 Å². The molecule has 0 radical (unpaired) electrons. The Hall–Kier alpha value is -2.37. The molecule has 4 N–H and O–H groups in total. The van der Waals surface area contributed by atoms with E-state index in [0.29, 0.717) is 36.4 Å². The van der Waals surface area contributed by atoms with Crippen LogP contribution < -0.4 is 0 Å². The number of hydrogen-bond donors (Lipinski definition) is 4. The number of alkyl halides is 2. The molecule has 16 heteroatoms. The Kier molecular flexibility index (Phi) is 9.09. The highest BCUT2D eigenvalue weighted by Gasteiger charge is 2.54. The van der Waals surface area contributed by atoms with Crippen molar-refractivity contribution >= 4 is 17.7 Å². The van der Waals surface area contributed by atoms with Crippen molar-refractivity contribution in [3.63, 3.8) is 0 Å². The molecule has 10 nitrogen and oxygen atoms in total. The van der Waals surface area contributed by atoms with Crippen LogP contribution in [0.4, 0.5) is 22.0 Å². The van der Waals surface area contributed by atoms with E-state index in [2.05, 4.69) is 10.3 Å². The van der Waals surface area contributed by atoms with Gasteiger partial charge in [0, 0.05) is 32.0 Å². The first-order valence-corrected chi connectivity index (χ1v) is 14.9. The second-order valence-electron chi connectivity index (χ2n) is 11.7. The van der Waals surface area contributed by atoms with Crippen LogP contribution >= 0.6 is 11.8 Å². The molecule has 1 saturated heterocycles. The summed E-state index contributed by atoms with van der Waals surface area (Å²) in [5, 5.41) is 50.2. The Labute approximate surface area is 247 Å². The highest BCUT2D eigenvalue weighted by Crippen LogP contribution is 2.47. The van der Waals surface area contributed by atoms with Crippen molar-refractivity contribution in [3.8, 4) is 11.3 Å². The second kappa shape index (κ2) is 12.2. The minimum atomic E-state index is -3.00. The lowest BCUT2D eigenvalue weighted by Gasteiger charge is -2.46. The van der Waals surface area contributed by atoms with Crippen LogP contribution in [0.15, 0.2) is 18.3 Å². The summed E-state index contributed by atoms with van der Waals surface area (Å²) in [5.41, 5.74) is -3.53. The zero-order valence-corrected chi connectivity index (χ0v) is 23.9. The summed E-state index contributed by atoms with van der Waals surface area (Å²) < 4.78 is 75.9. The van der Waals surface area contributed by atoms with Gasteiger partial charge >= 0.3 is 0 Å². The molecule has 1 aromatic heterocycles. The van der Waals surface area contributed by atoms with Crippen molar-refractivity contribution in [2.45, 2.75) is 85.1 Å². The molecule has 2 heterocycles. The van der Waals surface area contributed by atoms with E-state index in [9.17, 15) is 47.2 Å². The highest BCUT2D eigenvalue weighted by atomic mass is 32.2. The topological polar surface area (TPSA) is 141 Å². The molecule has 0 bridgehead atoms. The molecule has 5 rings (SSSR count). The summed E-state index contributed by atoms with van der Waals surface area (Å²) in [7, 11) is 1.55. The minimum Gasteiger partial charge on any atom is -0.394 e. The molecule has 1 amide bonds. The number of rotatable bonds is 9. The predicted molar refractivity (Wildman–Crippen MR) is 142 cm³/mol. The van der Waals surface area contributed by atoms with Crippen LogP contribution in [0.5, 0.6) is 0 Å². The van der Waals surface area contributed by atoms with Crippen LogP contribution in [0.1, 0.15) is 44.6 Å². The fourth-order valence-corrected chi connectivity index (χ4v) is 7.17. The Morgan fingerprint density at radius 3 is 2.35 bits per heavy atom. The number of carbonyl (C=O) groups excluding carboxylic acids is 1. The Morgan fingerprint density at radius 1 is 1.14 bits per heavy atom. The van der Waals surface area contributed by atoms with Crippen molar-refractivity contribution in [1.82, 2.24) is 19.9 Å². The summed E-state index contributed by atoms with van der Waals surface area (Å²) in [6.45, 7) is -0.322. The summed E-state index contributed by atoms with van der Waals surface area (Å²) in [6.07, 6.45) is -3.57. The lowest BCUT2D eigenvalue weighted by atomic mass is 9.80. The van der Waals surface area contributed by atoms with E-state index in [4.69, 9.17) is 4.74 Å². The number of ether oxygens (including phenoxy) is 1. The van der Waals surface area contributed by atoms with Gasteiger partial charge in [0.1, 0.15) is 40.7 Å². The van der Waals surface area contributed by atoms with Crippen molar-refractivity contribution < 1.29 is 51.9 Å². The molecule has 0 unspecified atom stereocenters. The summed E-state index contributed by atoms with van der Waals surface area (Å²) >= 11 is 0.709. The number of benzene rings is 1. The molecular weight excluding hydrogens is 603 g/mol. The fourth-order valence-electron chi connectivity index (χ4n) is 5.59. The quantitative estimate of drug-likeness (QED) is 0.241. The van der Waals surface area contributed by atoms with Gasteiger partial charge in [0.15, 0.2) is 17.5 Å². The number of nitrogens with zero attached hydrogens (tertiary/aromatic N) is 4. The van der Waals surface area contributed by atoms with Gasteiger partial charge in [0.25, 0.3) is 0 Å². The number of aromatic nitrogens is 3. The molecule has 2 saturated carbocycles. The summed E-state index contributed by atoms with van der Waals surface area (Å²) in [5.74, 6) is -7.84. The van der Waals surface area contributed by atoms with E-state index in [1.165, 1.54) is 4.90 Å². The average Bonchev–Trinajstić information content (AvgIpc) is 3.65. The number of thioether (sulfide) groups is 1. The maximum atomic E-state index is 14.0. The third-order valence-corrected chi connectivity index (χ3v) is 9.95. The largest absolute Gasteiger partial charge is 0.394 e. The summed E-state index contributed by atoms with van der Waals surface area (Å²) in [4.78, 5) is 15.1. The molecule has 6 atom stereocenters. The number of aliphatic hydroxyl groups excluding tert-OH is 3. The molecule has 0 spiro atoms. The van der Waals surface area contributed by atoms with Gasteiger partial charge in [0.2, 0.25) is 11.8 Å². The van der Waals surface area contributed by atoms with Crippen molar-refractivity contribution in [2.75, 3.05) is 20.2 Å². The Bertz CT molecular complexity index is 1300. The molecule has 43 heavy (non-hydrogen) atoms. The van der Waals surface area contributed by atoms with Crippen LogP contribution in [0, 0.1) is 23.4 Å². The molecule has 1 aromatic carbocycles. The first-order valence-electron chi connectivity index (χ1n) is 13.9. The lowest BCUT2D eigenvalue weighted by Crippen LogP contribution is -2.58. The van der Waals surface area contributed by atoms with Gasteiger partial charge in [-0.05, 0) is 43.7 Å². The fraction of sp³-hybridized carbons (Fsp3) is 0.667. The van der Waals surface area contributed by atoms with Crippen molar-refractivity contribution in [1.29, 1.82) is 0 Å². The zero-order valence-electron chi connectivity index (χ0n) is 23.1. The van der Waals surface area contributed by atoms with Crippen molar-refractivity contribution in [3.05, 3.63) is 35.8 Å². The number of hydrogen-bond acceptors (Lipinski definition) is 9. The molecule has 238 valence electrons. The maximum Gasteiger partial charge on any atom is 0.248 e. The van der Waals surface area contributed by atoms with Crippen LogP contribution in [-0.4, -0.2) is 107 Å². The molecule has 2 aliphatic carbocycles. The van der Waals surface area contributed by atoms with Gasteiger partial charge in [-0.2, -0.15) is 0 Å². The lowest BCUT2D eigenvalue weighted by molar-refractivity contribution is -0.179. The van der Waals surface area contributed by atoms with Gasteiger partial charge in [-0.15, -0.1) is 16.9 Å². The number of aliphatic hydroxyl groups is 4. The van der Waals surface area contributed by atoms with E-state index in [1.54, 1.807) is 7.05 Å². The Balaban J connectivity index is 1.43. The SMILES string of the molecule is CN(CC1CC1)C(=O)[C@@H](S[C@@H]1O[C@H](CO)[C@H](O)[C@H](n2cc(-c3cc(F)c(F)c(F)c3)nn2)[C@H]1O)C1(O)CCC(F)(F)CC1. The highest BCUT2D eigenvalue weighted by molar-refractivity contribution is 8.01. The molecule has 3 aliphatic rings. The third kappa shape index (κ3) is 6.68. The van der Waals surface area contributed by atoms with Gasteiger partial charge in [-0.25, -0.2) is 26.6 Å². The zero-order chi connectivity index (χ0) is 31.3. The smallest absolute Gasteiger partial charge is 0.248 e. The molecule has 3 fully saturated rings. The number of carbonyl (C=O) groups is 1. The number of halogens is 5. The van der Waals surface area contributed by atoms with E-state index in [0.717, 1.165) is 23.7 Å². The van der Waals surface area contributed by atoms with Gasteiger partial charge in [-0.3, -0.25) is 4.79 Å². The van der Waals surface area contributed by atoms with Gasteiger partial charge in [-0.1, -0.05) is 5.21 Å². The van der Waals surface area contributed by atoms with E-state index < -0.39 is 89.4 Å². The van der Waals surface area contributed by atoms with Crippen molar-refractivity contribution in [2.24, 2.45) is 5.92 Å². The van der Waals surface area contributed by atoms with E-state index in [-0.39, 0.29) is 24.1 Å². The minimum absolute atomic E-state index is 0.124. The van der Waals surface area contributed by atoms with E-state index in [1.807, 2.05) is 0 Å².